The fraction of sp³-hybridized carbons (Fsp3) is 0.833. The van der Waals surface area contributed by atoms with Crippen LogP contribution in [0.15, 0.2) is 0 Å². The molecule has 0 saturated carbocycles. The van der Waals surface area contributed by atoms with Crippen LogP contribution in [0, 0.1) is 0 Å². The second-order valence-electron chi connectivity index (χ2n) is 2.10. The fourth-order valence-corrected chi connectivity index (χ4v) is 1.34. The number of aliphatic hydroxyl groups excluding tert-OH is 1. The maximum atomic E-state index is 10.2. The predicted molar refractivity (Wildman–Crippen MR) is 44.6 cm³/mol. The van der Waals surface area contributed by atoms with Gasteiger partial charge in [0.2, 0.25) is 0 Å². The van der Waals surface area contributed by atoms with Crippen molar-refractivity contribution in [2.24, 2.45) is 5.73 Å². The minimum absolute atomic E-state index is 0.148. The molecule has 0 aliphatic heterocycles. The van der Waals surface area contributed by atoms with Crippen LogP contribution in [0.25, 0.3) is 0 Å². The lowest BCUT2D eigenvalue weighted by molar-refractivity contribution is -0.137. The van der Waals surface area contributed by atoms with E-state index in [-0.39, 0.29) is 6.61 Å². The molecule has 0 aromatic rings. The van der Waals surface area contributed by atoms with E-state index in [1.807, 2.05) is 0 Å². The van der Waals surface area contributed by atoms with Crippen molar-refractivity contribution < 1.29 is 15.0 Å². The van der Waals surface area contributed by atoms with Gasteiger partial charge in [0, 0.05) is 12.4 Å². The maximum Gasteiger partial charge on any atom is 0.321 e. The molecular formula is C6H13NO3S. The minimum Gasteiger partial charge on any atom is -0.480 e. The number of hydrogen-bond donors (Lipinski definition) is 3. The Balaban J connectivity index is 3.17. The van der Waals surface area contributed by atoms with E-state index in [2.05, 4.69) is 0 Å². The molecule has 4 nitrogen and oxygen atoms in total. The summed E-state index contributed by atoms with van der Waals surface area (Å²) in [5, 5.41) is 16.7. The summed E-state index contributed by atoms with van der Waals surface area (Å²) >= 11 is 1.45. The molecule has 5 heteroatoms. The van der Waals surface area contributed by atoms with E-state index in [1.165, 1.54) is 11.8 Å². The van der Waals surface area contributed by atoms with E-state index in [1.54, 1.807) is 0 Å². The van der Waals surface area contributed by atoms with Crippen molar-refractivity contribution in [2.75, 3.05) is 18.1 Å². The molecule has 0 aromatic heterocycles. The summed E-state index contributed by atoms with van der Waals surface area (Å²) in [5.74, 6) is 0.203. The standard InChI is InChI=1S/C6H13NO3S/c7-5(6(9)10)4-11-3-1-2-8/h5,8H,1-4,7H2,(H,9,10)/t5-/m1/s1. The molecule has 0 saturated heterocycles. The second kappa shape index (κ2) is 6.45. The number of aliphatic carboxylic acids is 1. The van der Waals surface area contributed by atoms with Crippen molar-refractivity contribution >= 4 is 17.7 Å². The first-order valence-corrected chi connectivity index (χ1v) is 4.51. The zero-order valence-corrected chi connectivity index (χ0v) is 7.01. The summed E-state index contributed by atoms with van der Waals surface area (Å²) in [6.45, 7) is 0.148. The third-order valence-electron chi connectivity index (χ3n) is 1.06. The molecule has 0 radical (unpaired) electrons. The van der Waals surface area contributed by atoms with Gasteiger partial charge in [0.05, 0.1) is 0 Å². The molecule has 0 aliphatic rings. The van der Waals surface area contributed by atoms with Crippen molar-refractivity contribution in [3.63, 3.8) is 0 Å². The molecule has 0 fully saturated rings. The third kappa shape index (κ3) is 6.15. The van der Waals surface area contributed by atoms with Gasteiger partial charge < -0.3 is 15.9 Å². The molecule has 0 amide bonds. The average Bonchev–Trinajstić information content (AvgIpc) is 1.97. The van der Waals surface area contributed by atoms with Gasteiger partial charge in [-0.2, -0.15) is 11.8 Å². The maximum absolute atomic E-state index is 10.2. The van der Waals surface area contributed by atoms with Gasteiger partial charge in [-0.15, -0.1) is 0 Å². The van der Waals surface area contributed by atoms with E-state index in [0.717, 1.165) is 5.75 Å². The van der Waals surface area contributed by atoms with E-state index < -0.39 is 12.0 Å². The van der Waals surface area contributed by atoms with Gasteiger partial charge in [0.1, 0.15) is 6.04 Å². The normalized spacial score (nSPS) is 12.9. The van der Waals surface area contributed by atoms with Gasteiger partial charge >= 0.3 is 5.97 Å². The summed E-state index contributed by atoms with van der Waals surface area (Å²) in [7, 11) is 0. The van der Waals surface area contributed by atoms with Crippen LogP contribution < -0.4 is 5.73 Å². The molecule has 0 spiro atoms. The zero-order valence-electron chi connectivity index (χ0n) is 6.19. The van der Waals surface area contributed by atoms with Crippen molar-refractivity contribution in [2.45, 2.75) is 12.5 Å². The molecule has 0 aromatic carbocycles. The smallest absolute Gasteiger partial charge is 0.321 e. The molecule has 66 valence electrons. The van der Waals surface area contributed by atoms with Crippen LogP contribution in [0.3, 0.4) is 0 Å². The summed E-state index contributed by atoms with van der Waals surface area (Å²) in [4.78, 5) is 10.2. The largest absolute Gasteiger partial charge is 0.480 e. The van der Waals surface area contributed by atoms with Crippen LogP contribution in [0.1, 0.15) is 6.42 Å². The van der Waals surface area contributed by atoms with E-state index in [0.29, 0.717) is 12.2 Å². The van der Waals surface area contributed by atoms with Crippen LogP contribution in [0.4, 0.5) is 0 Å². The van der Waals surface area contributed by atoms with Gasteiger partial charge in [-0.3, -0.25) is 4.79 Å². The summed E-state index contributed by atoms with van der Waals surface area (Å²) in [6.07, 6.45) is 0.691. The fourth-order valence-electron chi connectivity index (χ4n) is 0.448. The number of rotatable bonds is 6. The first-order chi connectivity index (χ1) is 5.18. The number of thioether (sulfide) groups is 1. The Bertz CT molecular complexity index is 120. The van der Waals surface area contributed by atoms with Crippen molar-refractivity contribution in [3.05, 3.63) is 0 Å². The minimum atomic E-state index is -0.971. The van der Waals surface area contributed by atoms with Gasteiger partial charge in [-0.1, -0.05) is 0 Å². The summed E-state index contributed by atoms with van der Waals surface area (Å²) in [6, 6.07) is -0.779. The highest BCUT2D eigenvalue weighted by atomic mass is 32.2. The number of hydrogen-bond acceptors (Lipinski definition) is 4. The Morgan fingerprint density at radius 3 is 2.73 bits per heavy atom. The Labute approximate surface area is 69.8 Å². The van der Waals surface area contributed by atoms with Gasteiger partial charge in [0.25, 0.3) is 0 Å². The van der Waals surface area contributed by atoms with Crippen LogP contribution >= 0.6 is 11.8 Å². The van der Waals surface area contributed by atoms with Crippen LogP contribution in [0.5, 0.6) is 0 Å². The lowest BCUT2D eigenvalue weighted by Crippen LogP contribution is -2.32. The molecule has 0 heterocycles. The average molecular weight is 179 g/mol. The monoisotopic (exact) mass is 179 g/mol. The number of nitrogens with two attached hydrogens (primary N) is 1. The zero-order chi connectivity index (χ0) is 8.69. The third-order valence-corrected chi connectivity index (χ3v) is 2.23. The van der Waals surface area contributed by atoms with Crippen molar-refractivity contribution in [1.29, 1.82) is 0 Å². The molecule has 11 heavy (non-hydrogen) atoms. The quantitative estimate of drug-likeness (QED) is 0.479. The Morgan fingerprint density at radius 2 is 2.27 bits per heavy atom. The number of carboxylic acids is 1. The van der Waals surface area contributed by atoms with Gasteiger partial charge in [-0.05, 0) is 12.2 Å². The van der Waals surface area contributed by atoms with Gasteiger partial charge in [0.15, 0.2) is 0 Å². The van der Waals surface area contributed by atoms with Crippen molar-refractivity contribution in [1.82, 2.24) is 0 Å². The Hall–Kier alpha value is -0.260. The van der Waals surface area contributed by atoms with Crippen molar-refractivity contribution in [3.8, 4) is 0 Å². The van der Waals surface area contributed by atoms with Crippen LogP contribution in [-0.2, 0) is 4.79 Å². The lowest BCUT2D eigenvalue weighted by atomic mass is 10.4. The first kappa shape index (κ1) is 10.7. The molecule has 0 unspecified atom stereocenters. The molecule has 0 bridgehead atoms. The van der Waals surface area contributed by atoms with E-state index in [4.69, 9.17) is 15.9 Å². The van der Waals surface area contributed by atoms with E-state index >= 15 is 0 Å². The Morgan fingerprint density at radius 1 is 1.64 bits per heavy atom. The molecule has 4 N–H and O–H groups in total. The summed E-state index contributed by atoms with van der Waals surface area (Å²) < 4.78 is 0. The molecule has 1 atom stereocenters. The second-order valence-corrected chi connectivity index (χ2v) is 3.25. The molecular weight excluding hydrogens is 166 g/mol. The topological polar surface area (TPSA) is 83.5 Å². The number of carbonyl (C=O) groups is 1. The van der Waals surface area contributed by atoms with Gasteiger partial charge in [-0.25, -0.2) is 0 Å². The number of aliphatic hydroxyl groups is 1. The first-order valence-electron chi connectivity index (χ1n) is 3.35. The SMILES string of the molecule is N[C@H](CSCCCO)C(=O)O. The van der Waals surface area contributed by atoms with E-state index in [9.17, 15) is 4.79 Å². The molecule has 0 rings (SSSR count). The predicted octanol–water partition coefficient (Wildman–Crippen LogP) is -0.486. The highest BCUT2D eigenvalue weighted by Gasteiger charge is 2.09. The highest BCUT2D eigenvalue weighted by Crippen LogP contribution is 2.03. The Kier molecular flexibility index (Phi) is 6.30. The van der Waals surface area contributed by atoms with Crippen LogP contribution in [0.2, 0.25) is 0 Å². The summed E-state index contributed by atoms with van der Waals surface area (Å²) in [5.41, 5.74) is 5.22. The lowest BCUT2D eigenvalue weighted by Gasteiger charge is -2.04. The number of carboxylic acid groups (broad SMARTS) is 1. The molecule has 0 aliphatic carbocycles. The van der Waals surface area contributed by atoms with Crippen LogP contribution in [-0.4, -0.2) is 40.3 Å². The highest BCUT2D eigenvalue weighted by molar-refractivity contribution is 7.99.